The van der Waals surface area contributed by atoms with Gasteiger partial charge in [-0.1, -0.05) is 0 Å². The zero-order valence-electron chi connectivity index (χ0n) is 10.5. The Kier molecular flexibility index (Phi) is 8.28. The van der Waals surface area contributed by atoms with Gasteiger partial charge in [-0.15, -0.1) is 12.4 Å². The Morgan fingerprint density at radius 1 is 1.35 bits per heavy atom. The Bertz CT molecular complexity index is 429. The summed E-state index contributed by atoms with van der Waals surface area (Å²) < 4.78 is 25.5. The zero-order chi connectivity index (χ0) is 14.3. The van der Waals surface area contributed by atoms with Crippen molar-refractivity contribution in [3.05, 3.63) is 22.4 Å². The Morgan fingerprint density at radius 2 is 2.05 bits per heavy atom. The predicted octanol–water partition coefficient (Wildman–Crippen LogP) is 1.000. The predicted molar refractivity (Wildman–Crippen MR) is 75.5 cm³/mol. The summed E-state index contributed by atoms with van der Waals surface area (Å²) in [4.78, 5) is 22.7. The molecule has 2 amide bonds. The van der Waals surface area contributed by atoms with Crippen LogP contribution in [-0.4, -0.2) is 37.4 Å². The van der Waals surface area contributed by atoms with Gasteiger partial charge in [-0.05, 0) is 11.4 Å². The molecule has 1 aromatic heterocycles. The van der Waals surface area contributed by atoms with Crippen LogP contribution in [0.4, 0.5) is 8.78 Å². The number of halogens is 3. The van der Waals surface area contributed by atoms with Gasteiger partial charge in [0.05, 0.1) is 13.1 Å². The van der Waals surface area contributed by atoms with Crippen molar-refractivity contribution < 1.29 is 18.4 Å². The van der Waals surface area contributed by atoms with E-state index in [0.29, 0.717) is 5.56 Å². The molecule has 20 heavy (non-hydrogen) atoms. The third kappa shape index (κ3) is 6.78. The average Bonchev–Trinajstić information content (AvgIpc) is 2.90. The van der Waals surface area contributed by atoms with Crippen molar-refractivity contribution in [2.75, 3.05) is 19.6 Å². The van der Waals surface area contributed by atoms with Gasteiger partial charge >= 0.3 is 0 Å². The first-order valence-electron chi connectivity index (χ1n) is 5.59. The molecule has 0 fully saturated rings. The van der Waals surface area contributed by atoms with Crippen LogP contribution in [0.2, 0.25) is 0 Å². The summed E-state index contributed by atoms with van der Waals surface area (Å²) in [6.45, 7) is -1.52. The SMILES string of the molecule is Cl.NCC(F)(F)CNC(=O)CCNC(=O)c1ccsc1. The second-order valence-corrected chi connectivity index (χ2v) is 4.63. The van der Waals surface area contributed by atoms with Gasteiger partial charge in [0.25, 0.3) is 11.8 Å². The number of rotatable bonds is 7. The number of alkyl halides is 2. The first-order valence-corrected chi connectivity index (χ1v) is 6.54. The van der Waals surface area contributed by atoms with Crippen molar-refractivity contribution in [1.29, 1.82) is 0 Å². The van der Waals surface area contributed by atoms with E-state index in [1.54, 1.807) is 16.8 Å². The van der Waals surface area contributed by atoms with Gasteiger partial charge in [0.15, 0.2) is 0 Å². The maximum atomic E-state index is 12.7. The highest BCUT2D eigenvalue weighted by Gasteiger charge is 2.26. The van der Waals surface area contributed by atoms with Gasteiger partial charge in [-0.25, -0.2) is 8.78 Å². The molecule has 0 aliphatic rings. The van der Waals surface area contributed by atoms with E-state index in [1.807, 2.05) is 0 Å². The molecule has 0 atom stereocenters. The molecule has 0 saturated heterocycles. The number of hydrogen-bond acceptors (Lipinski definition) is 4. The lowest BCUT2D eigenvalue weighted by Crippen LogP contribution is -2.42. The standard InChI is InChI=1S/C11H15F2N3O2S.ClH/c12-11(13,6-14)7-16-9(17)1-3-15-10(18)8-2-4-19-5-8;/h2,4-5H,1,3,6-7,14H2,(H,15,18)(H,16,17);1H. The van der Waals surface area contributed by atoms with Crippen LogP contribution in [0.25, 0.3) is 0 Å². The summed E-state index contributed by atoms with van der Waals surface area (Å²) >= 11 is 1.39. The fraction of sp³-hybridized carbons (Fsp3) is 0.455. The summed E-state index contributed by atoms with van der Waals surface area (Å²) in [6.07, 6.45) is -0.0590. The van der Waals surface area contributed by atoms with Crippen LogP contribution in [0, 0.1) is 0 Å². The molecule has 1 aromatic rings. The molecule has 0 aromatic carbocycles. The second kappa shape index (κ2) is 8.83. The number of thiophene rings is 1. The first-order chi connectivity index (χ1) is 8.94. The molecular weight excluding hydrogens is 312 g/mol. The molecule has 5 nitrogen and oxygen atoms in total. The van der Waals surface area contributed by atoms with Gasteiger partial charge in [0, 0.05) is 23.9 Å². The van der Waals surface area contributed by atoms with Crippen LogP contribution in [-0.2, 0) is 4.79 Å². The minimum Gasteiger partial charge on any atom is -0.351 e. The zero-order valence-corrected chi connectivity index (χ0v) is 12.2. The number of amides is 2. The maximum Gasteiger partial charge on any atom is 0.277 e. The van der Waals surface area contributed by atoms with E-state index in [-0.39, 0.29) is 31.3 Å². The third-order valence-electron chi connectivity index (χ3n) is 2.26. The lowest BCUT2D eigenvalue weighted by molar-refractivity contribution is -0.122. The molecule has 0 saturated carbocycles. The van der Waals surface area contributed by atoms with Crippen molar-refractivity contribution in [2.45, 2.75) is 12.3 Å². The number of hydrogen-bond donors (Lipinski definition) is 3. The molecule has 1 rings (SSSR count). The van der Waals surface area contributed by atoms with Crippen molar-refractivity contribution in [1.82, 2.24) is 10.6 Å². The molecule has 0 unspecified atom stereocenters. The minimum absolute atomic E-state index is 0. The molecular formula is C11H16ClF2N3O2S. The first kappa shape index (κ1) is 18.8. The maximum absolute atomic E-state index is 12.7. The Balaban J connectivity index is 0.00000361. The summed E-state index contributed by atoms with van der Waals surface area (Å²) in [5.74, 6) is -3.95. The normalized spacial score (nSPS) is 10.6. The minimum atomic E-state index is -3.10. The lowest BCUT2D eigenvalue weighted by Gasteiger charge is -2.14. The quantitative estimate of drug-likeness (QED) is 0.698. The van der Waals surface area contributed by atoms with Crippen LogP contribution >= 0.6 is 23.7 Å². The molecule has 114 valence electrons. The smallest absolute Gasteiger partial charge is 0.277 e. The number of carbonyl (C=O) groups is 2. The molecule has 1 heterocycles. The van der Waals surface area contributed by atoms with Crippen molar-refractivity contribution in [3.63, 3.8) is 0 Å². The molecule has 0 radical (unpaired) electrons. The second-order valence-electron chi connectivity index (χ2n) is 3.85. The monoisotopic (exact) mass is 327 g/mol. The van der Waals surface area contributed by atoms with Gasteiger partial charge < -0.3 is 16.4 Å². The summed E-state index contributed by atoms with van der Waals surface area (Å²) in [6, 6.07) is 1.65. The Hall–Kier alpha value is -1.25. The molecule has 4 N–H and O–H groups in total. The Labute approximate surface area is 125 Å². The van der Waals surface area contributed by atoms with E-state index < -0.39 is 24.9 Å². The summed E-state index contributed by atoms with van der Waals surface area (Å²) in [7, 11) is 0. The van der Waals surface area contributed by atoms with Crippen molar-refractivity contribution in [2.24, 2.45) is 5.73 Å². The molecule has 0 aliphatic carbocycles. The van der Waals surface area contributed by atoms with Crippen LogP contribution < -0.4 is 16.4 Å². The number of nitrogens with two attached hydrogens (primary N) is 1. The van der Waals surface area contributed by atoms with E-state index in [9.17, 15) is 18.4 Å². The van der Waals surface area contributed by atoms with Gasteiger partial charge in [0.1, 0.15) is 0 Å². The van der Waals surface area contributed by atoms with Crippen molar-refractivity contribution >= 4 is 35.6 Å². The molecule has 0 aliphatic heterocycles. The van der Waals surface area contributed by atoms with Crippen LogP contribution in [0.15, 0.2) is 16.8 Å². The fourth-order valence-electron chi connectivity index (χ4n) is 1.17. The van der Waals surface area contributed by atoms with Gasteiger partial charge in [-0.3, -0.25) is 9.59 Å². The lowest BCUT2D eigenvalue weighted by atomic mass is 10.3. The average molecular weight is 328 g/mol. The van der Waals surface area contributed by atoms with E-state index in [1.165, 1.54) is 11.3 Å². The number of nitrogens with one attached hydrogen (secondary N) is 2. The largest absolute Gasteiger partial charge is 0.351 e. The number of carbonyl (C=O) groups excluding carboxylic acids is 2. The van der Waals surface area contributed by atoms with E-state index in [0.717, 1.165) is 0 Å². The van der Waals surface area contributed by atoms with Crippen LogP contribution in [0.1, 0.15) is 16.8 Å². The highest BCUT2D eigenvalue weighted by Crippen LogP contribution is 2.08. The highest BCUT2D eigenvalue weighted by atomic mass is 35.5. The fourth-order valence-corrected chi connectivity index (χ4v) is 1.81. The van der Waals surface area contributed by atoms with E-state index in [4.69, 9.17) is 5.73 Å². The van der Waals surface area contributed by atoms with E-state index >= 15 is 0 Å². The molecule has 0 spiro atoms. The molecule has 0 bridgehead atoms. The van der Waals surface area contributed by atoms with Crippen molar-refractivity contribution in [3.8, 4) is 0 Å². The van der Waals surface area contributed by atoms with Crippen LogP contribution in [0.3, 0.4) is 0 Å². The third-order valence-corrected chi connectivity index (χ3v) is 2.95. The summed E-state index contributed by atoms with van der Waals surface area (Å²) in [5, 5.41) is 8.02. The highest BCUT2D eigenvalue weighted by molar-refractivity contribution is 7.08. The Morgan fingerprint density at radius 3 is 2.60 bits per heavy atom. The van der Waals surface area contributed by atoms with E-state index in [2.05, 4.69) is 10.6 Å². The topological polar surface area (TPSA) is 84.2 Å². The van der Waals surface area contributed by atoms with Crippen LogP contribution in [0.5, 0.6) is 0 Å². The van der Waals surface area contributed by atoms with Gasteiger partial charge in [0.2, 0.25) is 5.91 Å². The molecule has 9 heteroatoms. The summed E-state index contributed by atoms with van der Waals surface area (Å²) in [5.41, 5.74) is 5.34. The van der Waals surface area contributed by atoms with Gasteiger partial charge in [-0.2, -0.15) is 11.3 Å².